The van der Waals surface area contributed by atoms with Gasteiger partial charge >= 0.3 is 0 Å². The Morgan fingerprint density at radius 3 is 2.54 bits per heavy atom. The fraction of sp³-hybridized carbons (Fsp3) is 0.200. The average Bonchev–Trinajstić information content (AvgIpc) is 3.04. The lowest BCUT2D eigenvalue weighted by Gasteiger charge is -2.09. The van der Waals surface area contributed by atoms with Gasteiger partial charge in [0.15, 0.2) is 0 Å². The van der Waals surface area contributed by atoms with Crippen LogP contribution in [-0.2, 0) is 4.74 Å². The summed E-state index contributed by atoms with van der Waals surface area (Å²) in [6.45, 7) is 2.30. The number of amidine groups is 1. The van der Waals surface area contributed by atoms with Crippen LogP contribution in [0.25, 0.3) is 0 Å². The molecule has 0 spiro atoms. The number of para-hydroxylation sites is 1. The molecule has 2 aromatic carbocycles. The predicted octanol–water partition coefficient (Wildman–Crippen LogP) is 3.71. The van der Waals surface area contributed by atoms with Crippen molar-refractivity contribution in [1.82, 2.24) is 4.37 Å². The van der Waals surface area contributed by atoms with Crippen LogP contribution in [0.15, 0.2) is 64.4 Å². The molecule has 0 saturated carbocycles. The maximum atomic E-state index is 12.2. The van der Waals surface area contributed by atoms with E-state index >= 15 is 0 Å². The summed E-state index contributed by atoms with van der Waals surface area (Å²) >= 11 is 1.17. The quantitative estimate of drug-likeness (QED) is 0.397. The fourth-order valence-electron chi connectivity index (χ4n) is 2.57. The molecule has 1 atom stereocenters. The number of benzene rings is 2. The Bertz CT molecular complexity index is 981. The molecular weight excluding hydrogens is 376 g/mol. The first-order chi connectivity index (χ1) is 13.6. The van der Waals surface area contributed by atoms with Crippen LogP contribution in [0.4, 0.5) is 10.7 Å². The summed E-state index contributed by atoms with van der Waals surface area (Å²) in [6.07, 6.45) is 0. The van der Waals surface area contributed by atoms with Crippen LogP contribution in [0.2, 0.25) is 0 Å². The lowest BCUT2D eigenvalue weighted by atomic mass is 10.2. The van der Waals surface area contributed by atoms with Gasteiger partial charge in [-0.15, -0.1) is 0 Å². The van der Waals surface area contributed by atoms with Crippen LogP contribution >= 0.6 is 11.5 Å². The summed E-state index contributed by atoms with van der Waals surface area (Å²) in [6, 6.07) is 16.8. The van der Waals surface area contributed by atoms with Gasteiger partial charge in [-0.2, -0.15) is 0 Å². The number of anilines is 2. The molecule has 0 aliphatic carbocycles. The van der Waals surface area contributed by atoms with Gasteiger partial charge in [-0.05, 0) is 54.9 Å². The summed E-state index contributed by atoms with van der Waals surface area (Å²) in [5.74, 6) is 1.66. The third-order valence-corrected chi connectivity index (χ3v) is 4.61. The monoisotopic (exact) mass is 398 g/mol. The van der Waals surface area contributed by atoms with Gasteiger partial charge in [-0.25, -0.2) is 0 Å². The number of hydrogen-bond acceptors (Lipinski definition) is 6. The van der Waals surface area contributed by atoms with E-state index in [4.69, 9.17) is 15.2 Å². The molecule has 146 valence electrons. The van der Waals surface area contributed by atoms with Crippen LogP contribution < -0.4 is 21.3 Å². The number of nitrogens with zero attached hydrogens (tertiary/aromatic N) is 1. The van der Waals surface area contributed by atoms with E-state index in [0.29, 0.717) is 22.9 Å². The smallest absolute Gasteiger partial charge is 0.271 e. The van der Waals surface area contributed by atoms with Gasteiger partial charge in [-0.3, -0.25) is 14.2 Å². The van der Waals surface area contributed by atoms with Crippen LogP contribution in [0.3, 0.4) is 0 Å². The molecule has 0 amide bonds. The standard InChI is InChI=1S/C20H22N4O3S/c1-13(12-26-2)22-18(21)17-19(25)24-28-20(17)23-14-8-10-16(11-9-14)27-15-6-4-3-5-7-15/h3-11,13,23H,12H2,1-2H3,(H2,21,22)(H,24,25). The number of ether oxygens (including phenoxy) is 2. The van der Waals surface area contributed by atoms with Crippen LogP contribution in [0, 0.1) is 0 Å². The predicted molar refractivity (Wildman–Crippen MR) is 113 cm³/mol. The van der Waals surface area contributed by atoms with Gasteiger partial charge in [0, 0.05) is 12.8 Å². The third-order valence-electron chi connectivity index (χ3n) is 3.81. The van der Waals surface area contributed by atoms with E-state index in [9.17, 15) is 4.79 Å². The van der Waals surface area contributed by atoms with E-state index in [1.165, 1.54) is 11.5 Å². The lowest BCUT2D eigenvalue weighted by Crippen LogP contribution is -2.25. The molecule has 3 aromatic rings. The van der Waals surface area contributed by atoms with Crippen LogP contribution in [0.5, 0.6) is 11.5 Å². The van der Waals surface area contributed by atoms with E-state index in [-0.39, 0.29) is 17.4 Å². The molecule has 0 radical (unpaired) electrons. The number of rotatable bonds is 8. The number of aromatic nitrogens is 1. The molecule has 7 nitrogen and oxygen atoms in total. The molecule has 0 aliphatic rings. The van der Waals surface area contributed by atoms with Gasteiger partial charge in [0.05, 0.1) is 12.6 Å². The van der Waals surface area contributed by atoms with Gasteiger partial charge in [0.1, 0.15) is 27.9 Å². The summed E-state index contributed by atoms with van der Waals surface area (Å²) in [4.78, 5) is 16.5. The zero-order chi connectivity index (χ0) is 19.9. The molecule has 0 fully saturated rings. The minimum Gasteiger partial charge on any atom is -0.457 e. The molecule has 1 heterocycles. The van der Waals surface area contributed by atoms with E-state index < -0.39 is 0 Å². The summed E-state index contributed by atoms with van der Waals surface area (Å²) < 4.78 is 13.5. The van der Waals surface area contributed by atoms with Crippen LogP contribution in [-0.4, -0.2) is 30.0 Å². The summed E-state index contributed by atoms with van der Waals surface area (Å²) in [7, 11) is 1.60. The number of aliphatic imine (C=N–C) groups is 1. The normalized spacial score (nSPS) is 12.6. The third kappa shape index (κ3) is 4.99. The molecule has 0 aliphatic heterocycles. The second-order valence-electron chi connectivity index (χ2n) is 6.12. The highest BCUT2D eigenvalue weighted by atomic mass is 32.1. The number of aromatic amines is 1. The topological polar surface area (TPSA) is 102 Å². The number of methoxy groups -OCH3 is 1. The van der Waals surface area contributed by atoms with Crippen molar-refractivity contribution in [1.29, 1.82) is 0 Å². The molecule has 1 unspecified atom stereocenters. The highest BCUT2D eigenvalue weighted by Crippen LogP contribution is 2.26. The summed E-state index contributed by atoms with van der Waals surface area (Å²) in [5.41, 5.74) is 6.91. The number of nitrogens with one attached hydrogen (secondary N) is 2. The second kappa shape index (κ2) is 9.20. The highest BCUT2D eigenvalue weighted by molar-refractivity contribution is 7.10. The Morgan fingerprint density at radius 2 is 1.86 bits per heavy atom. The number of H-pyrrole nitrogens is 1. The average molecular weight is 398 g/mol. The highest BCUT2D eigenvalue weighted by Gasteiger charge is 2.16. The van der Waals surface area contributed by atoms with E-state index in [1.807, 2.05) is 61.5 Å². The summed E-state index contributed by atoms with van der Waals surface area (Å²) in [5, 5.41) is 3.81. The van der Waals surface area contributed by atoms with Crippen LogP contribution in [0.1, 0.15) is 12.5 Å². The Kier molecular flexibility index (Phi) is 6.46. The number of hydrogen-bond donors (Lipinski definition) is 3. The minimum absolute atomic E-state index is 0.147. The fourth-order valence-corrected chi connectivity index (χ4v) is 3.33. The van der Waals surface area contributed by atoms with Crippen molar-refractivity contribution in [2.24, 2.45) is 10.7 Å². The molecular formula is C20H22N4O3S. The van der Waals surface area contributed by atoms with E-state index in [0.717, 1.165) is 11.4 Å². The molecule has 28 heavy (non-hydrogen) atoms. The van der Waals surface area contributed by atoms with Crippen molar-refractivity contribution >= 4 is 28.1 Å². The van der Waals surface area contributed by atoms with Crippen molar-refractivity contribution < 1.29 is 9.47 Å². The largest absolute Gasteiger partial charge is 0.457 e. The SMILES string of the molecule is COCC(C)N=C(N)c1c(Nc2ccc(Oc3ccccc3)cc2)s[nH]c1=O. The van der Waals surface area contributed by atoms with Gasteiger partial charge in [-0.1, -0.05) is 18.2 Å². The van der Waals surface area contributed by atoms with Gasteiger partial charge in [0.25, 0.3) is 5.56 Å². The minimum atomic E-state index is -0.276. The van der Waals surface area contributed by atoms with E-state index in [1.54, 1.807) is 7.11 Å². The molecule has 3 rings (SSSR count). The first kappa shape index (κ1) is 19.7. The zero-order valence-corrected chi connectivity index (χ0v) is 16.5. The van der Waals surface area contributed by atoms with Crippen molar-refractivity contribution in [3.63, 3.8) is 0 Å². The zero-order valence-electron chi connectivity index (χ0n) is 15.6. The van der Waals surface area contributed by atoms with Gasteiger partial charge < -0.3 is 20.5 Å². The molecule has 4 N–H and O–H groups in total. The maximum absolute atomic E-state index is 12.2. The maximum Gasteiger partial charge on any atom is 0.271 e. The molecule has 8 heteroatoms. The molecule has 0 bridgehead atoms. The lowest BCUT2D eigenvalue weighted by molar-refractivity contribution is 0.186. The van der Waals surface area contributed by atoms with Crippen molar-refractivity contribution in [3.05, 3.63) is 70.5 Å². The Labute approximate surface area is 167 Å². The Hall–Kier alpha value is -3.10. The first-order valence-corrected chi connectivity index (χ1v) is 9.52. The van der Waals surface area contributed by atoms with Crippen molar-refractivity contribution in [2.45, 2.75) is 13.0 Å². The Balaban J connectivity index is 1.75. The molecule has 0 saturated heterocycles. The molecule has 1 aromatic heterocycles. The first-order valence-electron chi connectivity index (χ1n) is 8.71. The second-order valence-corrected chi connectivity index (χ2v) is 6.94. The van der Waals surface area contributed by atoms with E-state index in [2.05, 4.69) is 14.7 Å². The van der Waals surface area contributed by atoms with Gasteiger partial charge in [0.2, 0.25) is 0 Å². The van der Waals surface area contributed by atoms with Crippen molar-refractivity contribution in [3.8, 4) is 11.5 Å². The Morgan fingerprint density at radius 1 is 1.18 bits per heavy atom. The number of nitrogens with two attached hydrogens (primary N) is 1. The van der Waals surface area contributed by atoms with Crippen molar-refractivity contribution in [2.75, 3.05) is 19.0 Å².